The van der Waals surface area contributed by atoms with Crippen LogP contribution in [0.1, 0.15) is 44.9 Å². The first kappa shape index (κ1) is 13.9. The third-order valence-corrected chi connectivity index (χ3v) is 3.45. The SMILES string of the molecule is CCCc1nc(CSc2nnc(N)n2C(C)C)no1. The molecule has 0 radical (unpaired) electrons. The van der Waals surface area contributed by atoms with Gasteiger partial charge in [0.2, 0.25) is 11.8 Å². The molecule has 0 amide bonds. The lowest BCUT2D eigenvalue weighted by Gasteiger charge is -2.10. The number of anilines is 1. The van der Waals surface area contributed by atoms with Crippen LogP contribution in [0.5, 0.6) is 0 Å². The fraction of sp³-hybridized carbons (Fsp3) is 0.636. The fourth-order valence-electron chi connectivity index (χ4n) is 1.67. The second-order valence-electron chi connectivity index (χ2n) is 4.45. The standard InChI is InChI=1S/C11H18N6OS/c1-4-5-9-13-8(16-18-9)6-19-11-15-14-10(12)17(11)7(2)3/h7H,4-6H2,1-3H3,(H2,12,14). The summed E-state index contributed by atoms with van der Waals surface area (Å²) in [5.74, 6) is 2.38. The van der Waals surface area contributed by atoms with Crippen molar-refractivity contribution in [2.75, 3.05) is 5.73 Å². The molecule has 7 nitrogen and oxygen atoms in total. The van der Waals surface area contributed by atoms with Gasteiger partial charge in [-0.25, -0.2) is 0 Å². The highest BCUT2D eigenvalue weighted by Gasteiger charge is 2.14. The van der Waals surface area contributed by atoms with Crippen molar-refractivity contribution in [2.45, 2.75) is 50.6 Å². The van der Waals surface area contributed by atoms with Crippen LogP contribution in [0, 0.1) is 0 Å². The van der Waals surface area contributed by atoms with Crippen molar-refractivity contribution in [2.24, 2.45) is 0 Å². The van der Waals surface area contributed by atoms with Crippen molar-refractivity contribution < 1.29 is 4.52 Å². The van der Waals surface area contributed by atoms with Crippen molar-refractivity contribution in [1.82, 2.24) is 24.9 Å². The van der Waals surface area contributed by atoms with Gasteiger partial charge in [0.25, 0.3) is 0 Å². The molecule has 0 spiro atoms. The molecular formula is C11H18N6OS. The van der Waals surface area contributed by atoms with E-state index in [0.29, 0.717) is 23.4 Å². The first-order valence-corrected chi connectivity index (χ1v) is 7.25. The summed E-state index contributed by atoms with van der Waals surface area (Å²) >= 11 is 1.51. The molecule has 2 aromatic rings. The Morgan fingerprint density at radius 3 is 2.84 bits per heavy atom. The van der Waals surface area contributed by atoms with Gasteiger partial charge in [0.15, 0.2) is 11.0 Å². The van der Waals surface area contributed by atoms with Crippen LogP contribution in [-0.2, 0) is 12.2 Å². The van der Waals surface area contributed by atoms with E-state index < -0.39 is 0 Å². The number of hydrogen-bond donors (Lipinski definition) is 1. The lowest BCUT2D eigenvalue weighted by atomic mass is 10.3. The molecule has 2 rings (SSSR count). The second kappa shape index (κ2) is 6.05. The summed E-state index contributed by atoms with van der Waals surface area (Å²) < 4.78 is 7.02. The minimum Gasteiger partial charge on any atom is -0.368 e. The summed E-state index contributed by atoms with van der Waals surface area (Å²) in [6.07, 6.45) is 1.81. The van der Waals surface area contributed by atoms with E-state index >= 15 is 0 Å². The van der Waals surface area contributed by atoms with E-state index in [4.69, 9.17) is 10.3 Å². The number of hydrogen-bond acceptors (Lipinski definition) is 7. The highest BCUT2D eigenvalue weighted by Crippen LogP contribution is 2.24. The van der Waals surface area contributed by atoms with Gasteiger partial charge in [0.1, 0.15) is 0 Å². The molecule has 0 saturated carbocycles. The predicted octanol–water partition coefficient (Wildman–Crippen LogP) is 2.07. The summed E-state index contributed by atoms with van der Waals surface area (Å²) in [6.45, 7) is 6.15. The van der Waals surface area contributed by atoms with Gasteiger partial charge >= 0.3 is 0 Å². The van der Waals surface area contributed by atoms with Crippen molar-refractivity contribution >= 4 is 17.7 Å². The highest BCUT2D eigenvalue weighted by molar-refractivity contribution is 7.98. The summed E-state index contributed by atoms with van der Waals surface area (Å²) in [4.78, 5) is 4.31. The fourth-order valence-corrected chi connectivity index (χ4v) is 2.58. The molecule has 2 heterocycles. The zero-order chi connectivity index (χ0) is 13.8. The number of nitrogens with two attached hydrogens (primary N) is 1. The molecule has 2 N–H and O–H groups in total. The van der Waals surface area contributed by atoms with Crippen molar-refractivity contribution in [3.05, 3.63) is 11.7 Å². The molecular weight excluding hydrogens is 264 g/mol. The summed E-state index contributed by atoms with van der Waals surface area (Å²) in [7, 11) is 0. The number of nitrogens with zero attached hydrogens (tertiary/aromatic N) is 5. The Kier molecular flexibility index (Phi) is 4.41. The van der Waals surface area contributed by atoms with Crippen LogP contribution < -0.4 is 5.73 Å². The van der Waals surface area contributed by atoms with Crippen LogP contribution >= 0.6 is 11.8 Å². The van der Waals surface area contributed by atoms with Crippen molar-refractivity contribution in [3.8, 4) is 0 Å². The third-order valence-electron chi connectivity index (χ3n) is 2.51. The Morgan fingerprint density at radius 2 is 2.16 bits per heavy atom. The molecule has 0 aliphatic heterocycles. The van der Waals surface area contributed by atoms with Crippen LogP contribution in [-0.4, -0.2) is 24.9 Å². The van der Waals surface area contributed by atoms with E-state index in [9.17, 15) is 0 Å². The van der Waals surface area contributed by atoms with Gasteiger partial charge < -0.3 is 10.3 Å². The number of thioether (sulfide) groups is 1. The smallest absolute Gasteiger partial charge is 0.226 e. The van der Waals surface area contributed by atoms with Gasteiger partial charge in [0, 0.05) is 12.5 Å². The molecule has 2 aromatic heterocycles. The number of aryl methyl sites for hydroxylation is 1. The monoisotopic (exact) mass is 282 g/mol. The third kappa shape index (κ3) is 3.25. The van der Waals surface area contributed by atoms with Crippen molar-refractivity contribution in [1.29, 1.82) is 0 Å². The van der Waals surface area contributed by atoms with E-state index in [-0.39, 0.29) is 6.04 Å². The summed E-state index contributed by atoms with van der Waals surface area (Å²) in [5.41, 5.74) is 5.78. The average molecular weight is 282 g/mol. The normalized spacial score (nSPS) is 11.4. The lowest BCUT2D eigenvalue weighted by molar-refractivity contribution is 0.373. The van der Waals surface area contributed by atoms with Gasteiger partial charge in [0.05, 0.1) is 5.75 Å². The van der Waals surface area contributed by atoms with E-state index in [1.807, 2.05) is 18.4 Å². The molecule has 0 aliphatic carbocycles. The Hall–Kier alpha value is -1.57. The number of rotatable bonds is 6. The maximum atomic E-state index is 5.78. The quantitative estimate of drug-likeness (QED) is 0.810. The zero-order valence-corrected chi connectivity index (χ0v) is 12.1. The van der Waals surface area contributed by atoms with Crippen molar-refractivity contribution in [3.63, 3.8) is 0 Å². The average Bonchev–Trinajstić information content (AvgIpc) is 2.94. The minimum absolute atomic E-state index is 0.221. The van der Waals surface area contributed by atoms with Gasteiger partial charge in [-0.05, 0) is 20.3 Å². The molecule has 8 heteroatoms. The molecule has 0 unspecified atom stereocenters. The van der Waals surface area contributed by atoms with E-state index in [1.54, 1.807) is 0 Å². The largest absolute Gasteiger partial charge is 0.368 e. The van der Waals surface area contributed by atoms with Crippen LogP contribution in [0.4, 0.5) is 5.95 Å². The first-order valence-electron chi connectivity index (χ1n) is 6.26. The lowest BCUT2D eigenvalue weighted by Crippen LogP contribution is -2.07. The molecule has 0 bridgehead atoms. The molecule has 0 atom stereocenters. The second-order valence-corrected chi connectivity index (χ2v) is 5.39. The Bertz CT molecular complexity index is 535. The van der Waals surface area contributed by atoms with Gasteiger partial charge in [-0.3, -0.25) is 4.57 Å². The van der Waals surface area contributed by atoms with E-state index in [2.05, 4.69) is 27.3 Å². The summed E-state index contributed by atoms with van der Waals surface area (Å²) in [5, 5.41) is 12.7. The Balaban J connectivity index is 2.02. The van der Waals surface area contributed by atoms with Crippen LogP contribution in [0.25, 0.3) is 0 Å². The van der Waals surface area contributed by atoms with Crippen LogP contribution in [0.2, 0.25) is 0 Å². The molecule has 0 fully saturated rings. The molecule has 0 aromatic carbocycles. The van der Waals surface area contributed by atoms with E-state index in [1.165, 1.54) is 11.8 Å². The number of aromatic nitrogens is 5. The number of nitrogen functional groups attached to an aromatic ring is 1. The first-order chi connectivity index (χ1) is 9.11. The highest BCUT2D eigenvalue weighted by atomic mass is 32.2. The predicted molar refractivity (Wildman–Crippen MR) is 72.7 cm³/mol. The topological polar surface area (TPSA) is 95.7 Å². The Morgan fingerprint density at radius 1 is 1.37 bits per heavy atom. The molecule has 0 aliphatic rings. The maximum absolute atomic E-state index is 5.78. The maximum Gasteiger partial charge on any atom is 0.226 e. The van der Waals surface area contributed by atoms with Crippen LogP contribution in [0.15, 0.2) is 9.68 Å². The van der Waals surface area contributed by atoms with Gasteiger partial charge in [-0.15, -0.1) is 10.2 Å². The van der Waals surface area contributed by atoms with Gasteiger partial charge in [-0.2, -0.15) is 4.98 Å². The summed E-state index contributed by atoms with van der Waals surface area (Å²) in [6, 6.07) is 0.221. The molecule has 19 heavy (non-hydrogen) atoms. The van der Waals surface area contributed by atoms with Crippen LogP contribution in [0.3, 0.4) is 0 Å². The van der Waals surface area contributed by atoms with E-state index in [0.717, 1.165) is 18.0 Å². The zero-order valence-electron chi connectivity index (χ0n) is 11.3. The Labute approximate surface area is 116 Å². The molecule has 104 valence electrons. The minimum atomic E-state index is 0.221. The van der Waals surface area contributed by atoms with Gasteiger partial charge in [-0.1, -0.05) is 23.8 Å². The molecule has 0 saturated heterocycles.